The van der Waals surface area contributed by atoms with Gasteiger partial charge in [0.15, 0.2) is 23.0 Å². The minimum absolute atomic E-state index is 0.0246. The van der Waals surface area contributed by atoms with Crippen LogP contribution in [-0.4, -0.2) is 34.8 Å². The predicted molar refractivity (Wildman–Crippen MR) is 146 cm³/mol. The smallest absolute Gasteiger partial charge is 0.290 e. The predicted octanol–water partition coefficient (Wildman–Crippen LogP) is 6.08. The molecule has 1 N–H and O–H groups in total. The van der Waals surface area contributed by atoms with Crippen molar-refractivity contribution in [3.63, 3.8) is 0 Å². The number of hydrogen-bond donors (Lipinski definition) is 1. The molecule has 0 aliphatic carbocycles. The maximum Gasteiger partial charge on any atom is 0.290 e. The summed E-state index contributed by atoms with van der Waals surface area (Å²) in [4.78, 5) is 28.3. The van der Waals surface area contributed by atoms with Gasteiger partial charge in [0.2, 0.25) is 5.78 Å². The minimum atomic E-state index is -0.832. The first-order valence-electron chi connectivity index (χ1n) is 12.9. The van der Waals surface area contributed by atoms with Crippen LogP contribution in [0.2, 0.25) is 0 Å². The van der Waals surface area contributed by atoms with Gasteiger partial charge in [-0.15, -0.1) is 0 Å². The number of ether oxygens (including phenoxy) is 2. The number of aliphatic hydroxyl groups is 1. The SMILES string of the molecule is CCOc1cc(C2C(C(=O)c3ccco3)=C(O)C(=O)N2CCc2ccccc2)ccc1OCc1ccccc1. The van der Waals surface area contributed by atoms with Crippen LogP contribution < -0.4 is 9.47 Å². The van der Waals surface area contributed by atoms with E-state index >= 15 is 0 Å². The van der Waals surface area contributed by atoms with E-state index in [0.29, 0.717) is 43.2 Å². The van der Waals surface area contributed by atoms with Gasteiger partial charge >= 0.3 is 0 Å². The van der Waals surface area contributed by atoms with Crippen LogP contribution in [0.1, 0.15) is 40.2 Å². The quantitative estimate of drug-likeness (QED) is 0.240. The molecule has 0 saturated heterocycles. The number of hydrogen-bond acceptors (Lipinski definition) is 6. The van der Waals surface area contributed by atoms with Gasteiger partial charge in [0, 0.05) is 6.54 Å². The second-order valence-electron chi connectivity index (χ2n) is 9.12. The van der Waals surface area contributed by atoms with E-state index in [4.69, 9.17) is 13.9 Å². The van der Waals surface area contributed by atoms with Gasteiger partial charge in [-0.25, -0.2) is 0 Å². The zero-order valence-corrected chi connectivity index (χ0v) is 21.6. The molecule has 0 radical (unpaired) electrons. The van der Waals surface area contributed by atoms with Crippen molar-refractivity contribution in [2.24, 2.45) is 0 Å². The van der Waals surface area contributed by atoms with E-state index in [1.54, 1.807) is 24.3 Å². The maximum atomic E-state index is 13.5. The van der Waals surface area contributed by atoms with Gasteiger partial charge in [0.25, 0.3) is 5.91 Å². The van der Waals surface area contributed by atoms with E-state index in [1.807, 2.05) is 67.6 Å². The highest BCUT2D eigenvalue weighted by Crippen LogP contribution is 2.42. The van der Waals surface area contributed by atoms with Gasteiger partial charge in [0.05, 0.1) is 24.5 Å². The highest BCUT2D eigenvalue weighted by molar-refractivity contribution is 6.15. The standard InChI is InChI=1S/C32H29NO6/c1-2-37-27-20-24(15-16-25(27)39-21-23-12-7-4-8-13-23)29-28(30(34)26-14-9-19-38-26)31(35)32(36)33(29)18-17-22-10-5-3-6-11-22/h3-16,19-20,29,35H,2,17-18,21H2,1H3. The van der Waals surface area contributed by atoms with Crippen LogP contribution in [-0.2, 0) is 17.8 Å². The van der Waals surface area contributed by atoms with Crippen LogP contribution >= 0.6 is 0 Å². The number of aliphatic hydroxyl groups excluding tert-OH is 1. The molecule has 2 heterocycles. The largest absolute Gasteiger partial charge is 0.503 e. The van der Waals surface area contributed by atoms with Gasteiger partial charge in [-0.1, -0.05) is 66.7 Å². The lowest BCUT2D eigenvalue weighted by Crippen LogP contribution is -2.33. The lowest BCUT2D eigenvalue weighted by atomic mass is 9.94. The topological polar surface area (TPSA) is 89.2 Å². The number of furan rings is 1. The molecule has 0 spiro atoms. The molecule has 3 aromatic carbocycles. The third-order valence-corrected chi connectivity index (χ3v) is 6.60. The summed E-state index contributed by atoms with van der Waals surface area (Å²) in [5.41, 5.74) is 2.64. The summed E-state index contributed by atoms with van der Waals surface area (Å²) in [6.45, 7) is 2.92. The lowest BCUT2D eigenvalue weighted by molar-refractivity contribution is -0.129. The average molecular weight is 524 g/mol. The molecule has 1 aromatic heterocycles. The first-order chi connectivity index (χ1) is 19.1. The third kappa shape index (κ3) is 5.57. The maximum absolute atomic E-state index is 13.5. The summed E-state index contributed by atoms with van der Waals surface area (Å²) in [7, 11) is 0. The Bertz CT molecular complexity index is 1460. The molecule has 1 amide bonds. The fourth-order valence-electron chi connectivity index (χ4n) is 4.72. The molecule has 1 atom stereocenters. The highest BCUT2D eigenvalue weighted by atomic mass is 16.5. The van der Waals surface area contributed by atoms with Crippen molar-refractivity contribution in [1.82, 2.24) is 4.90 Å². The number of amides is 1. The van der Waals surface area contributed by atoms with E-state index in [9.17, 15) is 14.7 Å². The number of benzene rings is 3. The van der Waals surface area contributed by atoms with Crippen LogP contribution in [0, 0.1) is 0 Å². The second-order valence-corrected chi connectivity index (χ2v) is 9.12. The normalized spacial score (nSPS) is 15.1. The summed E-state index contributed by atoms with van der Waals surface area (Å²) >= 11 is 0. The molecule has 4 aromatic rings. The van der Waals surface area contributed by atoms with Crippen molar-refractivity contribution in [2.75, 3.05) is 13.2 Å². The first kappa shape index (κ1) is 25.9. The van der Waals surface area contributed by atoms with E-state index in [0.717, 1.165) is 11.1 Å². The Labute approximate surface area is 226 Å². The van der Waals surface area contributed by atoms with Crippen molar-refractivity contribution in [3.8, 4) is 11.5 Å². The first-order valence-corrected chi connectivity index (χ1v) is 12.9. The van der Waals surface area contributed by atoms with Gasteiger partial charge in [0.1, 0.15) is 6.61 Å². The van der Waals surface area contributed by atoms with Crippen LogP contribution in [0.5, 0.6) is 11.5 Å². The third-order valence-electron chi connectivity index (χ3n) is 6.60. The van der Waals surface area contributed by atoms with Crippen LogP contribution in [0.25, 0.3) is 0 Å². The van der Waals surface area contributed by atoms with Crippen LogP contribution in [0.3, 0.4) is 0 Å². The molecule has 0 fully saturated rings. The Kier molecular flexibility index (Phi) is 7.78. The highest BCUT2D eigenvalue weighted by Gasteiger charge is 2.44. The summed E-state index contributed by atoms with van der Waals surface area (Å²) in [6.07, 6.45) is 1.94. The zero-order valence-electron chi connectivity index (χ0n) is 21.6. The van der Waals surface area contributed by atoms with Gasteiger partial charge < -0.3 is 23.9 Å². The number of ketones is 1. The second kappa shape index (κ2) is 11.7. The Morgan fingerprint density at radius 2 is 1.62 bits per heavy atom. The van der Waals surface area contributed by atoms with Crippen LogP contribution in [0.4, 0.5) is 0 Å². The van der Waals surface area contributed by atoms with E-state index < -0.39 is 23.5 Å². The molecule has 5 rings (SSSR count). The molecule has 1 aliphatic heterocycles. The molecule has 7 nitrogen and oxygen atoms in total. The number of carbonyl (C=O) groups excluding carboxylic acids is 2. The Morgan fingerprint density at radius 1 is 0.897 bits per heavy atom. The average Bonchev–Trinajstić information content (AvgIpc) is 3.59. The van der Waals surface area contributed by atoms with Gasteiger partial charge in [-0.05, 0) is 54.3 Å². The van der Waals surface area contributed by atoms with Crippen molar-refractivity contribution in [1.29, 1.82) is 0 Å². The van der Waals surface area contributed by atoms with Crippen molar-refractivity contribution in [3.05, 3.63) is 131 Å². The molecule has 0 saturated carbocycles. The van der Waals surface area contributed by atoms with E-state index in [1.165, 1.54) is 17.2 Å². The molecule has 0 bridgehead atoms. The lowest BCUT2D eigenvalue weighted by Gasteiger charge is -2.27. The number of nitrogens with zero attached hydrogens (tertiary/aromatic N) is 1. The molecule has 198 valence electrons. The van der Waals surface area contributed by atoms with Gasteiger partial charge in [-0.3, -0.25) is 9.59 Å². The fraction of sp³-hybridized carbons (Fsp3) is 0.188. The number of Topliss-reactive ketones (excluding diaryl/α,β-unsaturated/α-hetero) is 1. The molecule has 39 heavy (non-hydrogen) atoms. The number of rotatable bonds is 11. The van der Waals surface area contributed by atoms with Crippen LogP contribution in [0.15, 0.2) is 113 Å². The minimum Gasteiger partial charge on any atom is -0.503 e. The Hall–Kier alpha value is -4.78. The number of carbonyl (C=O) groups is 2. The zero-order chi connectivity index (χ0) is 27.2. The molecular formula is C32H29NO6. The molecule has 7 heteroatoms. The Balaban J connectivity index is 1.50. The van der Waals surface area contributed by atoms with E-state index in [2.05, 4.69) is 0 Å². The summed E-state index contributed by atoms with van der Waals surface area (Å²) in [6, 6.07) is 27.2. The fourth-order valence-corrected chi connectivity index (χ4v) is 4.72. The van der Waals surface area contributed by atoms with E-state index in [-0.39, 0.29) is 11.3 Å². The molecule has 1 aliphatic rings. The monoisotopic (exact) mass is 523 g/mol. The van der Waals surface area contributed by atoms with Crippen molar-refractivity contribution in [2.45, 2.75) is 26.0 Å². The summed E-state index contributed by atoms with van der Waals surface area (Å²) in [5.74, 6) is -0.646. The van der Waals surface area contributed by atoms with Crippen molar-refractivity contribution < 1.29 is 28.6 Å². The molecular weight excluding hydrogens is 494 g/mol. The summed E-state index contributed by atoms with van der Waals surface area (Å²) in [5, 5.41) is 10.9. The summed E-state index contributed by atoms with van der Waals surface area (Å²) < 4.78 is 17.3. The van der Waals surface area contributed by atoms with Gasteiger partial charge in [-0.2, -0.15) is 0 Å². The van der Waals surface area contributed by atoms with Crippen molar-refractivity contribution >= 4 is 11.7 Å². The Morgan fingerprint density at radius 3 is 2.28 bits per heavy atom. The molecule has 1 unspecified atom stereocenters.